The van der Waals surface area contributed by atoms with Crippen LogP contribution in [0.4, 0.5) is 5.69 Å². The summed E-state index contributed by atoms with van der Waals surface area (Å²) < 4.78 is 42.6. The van der Waals surface area contributed by atoms with Gasteiger partial charge in [0.25, 0.3) is 11.8 Å². The lowest BCUT2D eigenvalue weighted by molar-refractivity contribution is -0.122. The fourth-order valence-electron chi connectivity index (χ4n) is 3.67. The molecule has 0 saturated carbocycles. The second kappa shape index (κ2) is 11.7. The molecule has 1 aliphatic heterocycles. The molecule has 0 spiro atoms. The lowest BCUT2D eigenvalue weighted by Gasteiger charge is -2.29. The number of aryl methyl sites for hydroxylation is 1. The third-order valence-electron chi connectivity index (χ3n) is 5.58. The van der Waals surface area contributed by atoms with Gasteiger partial charge < -0.3 is 13.7 Å². The Hall–Kier alpha value is -3.49. The van der Waals surface area contributed by atoms with Gasteiger partial charge in [0.1, 0.15) is 16.2 Å². The van der Waals surface area contributed by atoms with Crippen molar-refractivity contribution in [1.82, 2.24) is 5.32 Å². The first-order valence-electron chi connectivity index (χ1n) is 11.6. The van der Waals surface area contributed by atoms with Crippen LogP contribution in [0.3, 0.4) is 0 Å². The number of nitrogens with zero attached hydrogens (tertiary/aromatic N) is 1. The number of halogens is 1. The molecule has 39 heavy (non-hydrogen) atoms. The summed E-state index contributed by atoms with van der Waals surface area (Å²) in [5.41, 5.74) is 1.61. The molecule has 2 amide bonds. The van der Waals surface area contributed by atoms with Crippen LogP contribution in [-0.2, 0) is 19.7 Å². The number of ether oxygens (including phenoxy) is 2. The minimum Gasteiger partial charge on any atom is -0.497 e. The van der Waals surface area contributed by atoms with E-state index in [-0.39, 0.29) is 33.7 Å². The summed E-state index contributed by atoms with van der Waals surface area (Å²) in [5, 5.41) is 2.48. The Labute approximate surface area is 245 Å². The fraction of sp³-hybridized carbons (Fsp3) is 0.148. The van der Waals surface area contributed by atoms with Crippen molar-refractivity contribution in [1.29, 1.82) is 0 Å². The summed E-state index contributed by atoms with van der Waals surface area (Å²) in [6.45, 7) is 3.81. The highest BCUT2D eigenvalue weighted by Gasteiger charge is 2.34. The quantitative estimate of drug-likeness (QED) is 0.121. The number of hydrogen-bond donors (Lipinski definition) is 1. The van der Waals surface area contributed by atoms with Gasteiger partial charge in [-0.2, -0.15) is 8.42 Å². The Kier molecular flexibility index (Phi) is 8.57. The standard InChI is InChI=1S/C27H23IN2O7S2/c1-4-36-23-15-17(14-22(28)24(23)37-39(33,34)20-11-5-16(2)6-12-20)13-21-25(31)29-27(38)30(26(21)32)18-7-9-19(35-3)10-8-18/h5-15H,4H2,1-3H3,(H,29,31,38)/b21-13-. The number of hydrogen-bond acceptors (Lipinski definition) is 8. The maximum Gasteiger partial charge on any atom is 0.339 e. The molecule has 1 fully saturated rings. The van der Waals surface area contributed by atoms with Gasteiger partial charge in [0.2, 0.25) is 0 Å². The number of methoxy groups -OCH3 is 1. The largest absolute Gasteiger partial charge is 0.497 e. The molecule has 1 N–H and O–H groups in total. The van der Waals surface area contributed by atoms with E-state index in [9.17, 15) is 18.0 Å². The lowest BCUT2D eigenvalue weighted by Crippen LogP contribution is -2.54. The third-order valence-corrected chi connectivity index (χ3v) is 7.90. The Morgan fingerprint density at radius 1 is 1.05 bits per heavy atom. The number of amides is 2. The molecule has 1 heterocycles. The highest BCUT2D eigenvalue weighted by Crippen LogP contribution is 2.37. The van der Waals surface area contributed by atoms with Crippen LogP contribution in [0.1, 0.15) is 18.1 Å². The average molecular weight is 679 g/mol. The van der Waals surface area contributed by atoms with Crippen LogP contribution in [0.2, 0.25) is 0 Å². The van der Waals surface area contributed by atoms with Crippen molar-refractivity contribution in [3.05, 3.63) is 80.9 Å². The fourth-order valence-corrected chi connectivity index (χ4v) is 5.79. The van der Waals surface area contributed by atoms with Gasteiger partial charge in [-0.15, -0.1) is 0 Å². The molecule has 12 heteroatoms. The molecule has 0 atom stereocenters. The number of carbonyl (C=O) groups excluding carboxylic acids is 2. The van der Waals surface area contributed by atoms with E-state index in [1.165, 1.54) is 36.3 Å². The van der Waals surface area contributed by atoms with Crippen molar-refractivity contribution in [2.45, 2.75) is 18.7 Å². The van der Waals surface area contributed by atoms with Gasteiger partial charge in [-0.25, -0.2) is 0 Å². The maximum absolute atomic E-state index is 13.4. The normalized spacial score (nSPS) is 14.8. The number of thiocarbonyl (C=S) groups is 1. The predicted molar refractivity (Wildman–Crippen MR) is 159 cm³/mol. The molecule has 0 radical (unpaired) electrons. The second-order valence-electron chi connectivity index (χ2n) is 8.27. The molecular formula is C27H23IN2O7S2. The van der Waals surface area contributed by atoms with Crippen molar-refractivity contribution in [3.8, 4) is 17.2 Å². The number of carbonyl (C=O) groups is 2. The summed E-state index contributed by atoms with van der Waals surface area (Å²) in [6, 6.07) is 16.0. The van der Waals surface area contributed by atoms with Crippen molar-refractivity contribution in [3.63, 3.8) is 0 Å². The Morgan fingerprint density at radius 2 is 1.72 bits per heavy atom. The molecule has 1 saturated heterocycles. The minimum absolute atomic E-state index is 0.000587. The number of benzene rings is 3. The molecular weight excluding hydrogens is 655 g/mol. The zero-order chi connectivity index (χ0) is 28.3. The molecule has 0 aliphatic carbocycles. The van der Waals surface area contributed by atoms with Crippen molar-refractivity contribution < 1.29 is 31.7 Å². The van der Waals surface area contributed by atoms with E-state index in [0.29, 0.717) is 20.6 Å². The average Bonchev–Trinajstić information content (AvgIpc) is 2.89. The topological polar surface area (TPSA) is 111 Å². The van der Waals surface area contributed by atoms with E-state index in [1.54, 1.807) is 49.4 Å². The van der Waals surface area contributed by atoms with Crippen LogP contribution in [0.5, 0.6) is 17.2 Å². The minimum atomic E-state index is -4.15. The molecule has 0 unspecified atom stereocenters. The zero-order valence-electron chi connectivity index (χ0n) is 21.1. The molecule has 4 rings (SSSR count). The van der Waals surface area contributed by atoms with Gasteiger partial charge in [-0.3, -0.25) is 19.8 Å². The maximum atomic E-state index is 13.4. The van der Waals surface area contributed by atoms with E-state index >= 15 is 0 Å². The summed E-state index contributed by atoms with van der Waals surface area (Å²) >= 11 is 7.17. The van der Waals surface area contributed by atoms with E-state index in [2.05, 4.69) is 5.32 Å². The van der Waals surface area contributed by atoms with Gasteiger partial charge in [0.15, 0.2) is 16.6 Å². The molecule has 0 bridgehead atoms. The summed E-state index contributed by atoms with van der Waals surface area (Å²) in [6.07, 6.45) is 1.39. The number of nitrogens with one attached hydrogen (secondary N) is 1. The van der Waals surface area contributed by atoms with Crippen molar-refractivity contribution >= 4 is 73.6 Å². The Balaban J connectivity index is 1.70. The Morgan fingerprint density at radius 3 is 2.33 bits per heavy atom. The summed E-state index contributed by atoms with van der Waals surface area (Å²) in [4.78, 5) is 27.3. The zero-order valence-corrected chi connectivity index (χ0v) is 24.8. The molecule has 9 nitrogen and oxygen atoms in total. The van der Waals surface area contributed by atoms with Crippen LogP contribution < -0.4 is 23.9 Å². The van der Waals surface area contributed by atoms with Crippen LogP contribution in [0, 0.1) is 10.5 Å². The number of rotatable bonds is 8. The van der Waals surface area contributed by atoms with Gasteiger partial charge >= 0.3 is 10.1 Å². The highest BCUT2D eigenvalue weighted by molar-refractivity contribution is 14.1. The van der Waals surface area contributed by atoms with E-state index in [4.69, 9.17) is 25.9 Å². The molecule has 202 valence electrons. The summed E-state index contributed by atoms with van der Waals surface area (Å²) in [7, 11) is -2.62. The monoisotopic (exact) mass is 678 g/mol. The van der Waals surface area contributed by atoms with Gasteiger partial charge in [-0.05, 0) is 109 Å². The first kappa shape index (κ1) is 28.5. The van der Waals surface area contributed by atoms with E-state index < -0.39 is 21.9 Å². The lowest BCUT2D eigenvalue weighted by atomic mass is 10.1. The van der Waals surface area contributed by atoms with E-state index in [1.807, 2.05) is 29.5 Å². The Bertz CT molecular complexity index is 1590. The van der Waals surface area contributed by atoms with Gasteiger partial charge in [-0.1, -0.05) is 17.7 Å². The van der Waals surface area contributed by atoms with Crippen LogP contribution in [0.15, 0.2) is 71.1 Å². The second-order valence-corrected chi connectivity index (χ2v) is 11.4. The van der Waals surface area contributed by atoms with Crippen LogP contribution in [0.25, 0.3) is 6.08 Å². The first-order chi connectivity index (χ1) is 18.5. The molecule has 1 aliphatic rings. The third kappa shape index (κ3) is 6.23. The van der Waals surface area contributed by atoms with Crippen LogP contribution in [-0.4, -0.2) is 39.1 Å². The number of anilines is 1. The first-order valence-corrected chi connectivity index (χ1v) is 14.5. The van der Waals surface area contributed by atoms with Gasteiger partial charge in [0, 0.05) is 0 Å². The van der Waals surface area contributed by atoms with Crippen molar-refractivity contribution in [2.75, 3.05) is 18.6 Å². The van der Waals surface area contributed by atoms with Crippen molar-refractivity contribution in [2.24, 2.45) is 0 Å². The predicted octanol–water partition coefficient (Wildman–Crippen LogP) is 4.61. The smallest absolute Gasteiger partial charge is 0.339 e. The van der Waals surface area contributed by atoms with E-state index in [0.717, 1.165) is 5.56 Å². The van der Waals surface area contributed by atoms with Crippen LogP contribution >= 0.6 is 34.8 Å². The molecule has 3 aromatic carbocycles. The summed E-state index contributed by atoms with van der Waals surface area (Å²) in [5.74, 6) is -0.549. The van der Waals surface area contributed by atoms with Gasteiger partial charge in [0.05, 0.1) is 23.0 Å². The SMILES string of the molecule is CCOc1cc(/C=C2/C(=O)NC(=S)N(c3ccc(OC)cc3)C2=O)cc(I)c1OS(=O)(=O)c1ccc(C)cc1. The molecule has 3 aromatic rings. The molecule has 0 aromatic heterocycles. The highest BCUT2D eigenvalue weighted by atomic mass is 127.